The molecule has 1 heterocycles. The molecule has 1 aromatic carbocycles. The molecule has 0 amide bonds. The van der Waals surface area contributed by atoms with Crippen molar-refractivity contribution in [1.82, 2.24) is 4.98 Å². The molecule has 0 radical (unpaired) electrons. The van der Waals surface area contributed by atoms with E-state index in [0.717, 1.165) is 23.3 Å². The van der Waals surface area contributed by atoms with Crippen molar-refractivity contribution in [3.05, 3.63) is 59.9 Å². The summed E-state index contributed by atoms with van der Waals surface area (Å²) in [5, 5.41) is 10.1. The van der Waals surface area contributed by atoms with Crippen LogP contribution in [0.3, 0.4) is 0 Å². The number of benzene rings is 1. The smallest absolute Gasteiger partial charge is 0.137 e. The maximum Gasteiger partial charge on any atom is 0.137 e. The van der Waals surface area contributed by atoms with Crippen LogP contribution in [0.1, 0.15) is 30.6 Å². The first-order valence-electron chi connectivity index (χ1n) is 6.59. The monoisotopic (exact) mass is 257 g/mol. The first-order chi connectivity index (χ1) is 9.29. The second-order valence-corrected chi connectivity index (χ2v) is 4.43. The van der Waals surface area contributed by atoms with E-state index in [-0.39, 0.29) is 0 Å². The molecular weight excluding hydrogens is 238 g/mol. The summed E-state index contributed by atoms with van der Waals surface area (Å²) in [7, 11) is 0. The molecule has 1 N–H and O–H groups in total. The summed E-state index contributed by atoms with van der Waals surface area (Å²) in [4.78, 5) is 4.15. The number of aliphatic hydroxyl groups excluding tert-OH is 1. The van der Waals surface area contributed by atoms with E-state index in [0.29, 0.717) is 13.0 Å². The van der Waals surface area contributed by atoms with Gasteiger partial charge in [-0.3, -0.25) is 4.98 Å². The lowest BCUT2D eigenvalue weighted by Crippen LogP contribution is -2.00. The highest BCUT2D eigenvalue weighted by Crippen LogP contribution is 2.20. The van der Waals surface area contributed by atoms with E-state index in [1.807, 2.05) is 49.5 Å². The minimum absolute atomic E-state index is 0.433. The lowest BCUT2D eigenvalue weighted by Gasteiger charge is -2.11. The largest absolute Gasteiger partial charge is 0.492 e. The zero-order valence-electron chi connectivity index (χ0n) is 11.1. The lowest BCUT2D eigenvalue weighted by atomic mass is 10.0. The van der Waals surface area contributed by atoms with Gasteiger partial charge >= 0.3 is 0 Å². The fourth-order valence-corrected chi connectivity index (χ4v) is 1.99. The number of hydrogen-bond acceptors (Lipinski definition) is 3. The molecule has 0 aliphatic rings. The summed E-state index contributed by atoms with van der Waals surface area (Å²) < 4.78 is 5.41. The Labute approximate surface area is 113 Å². The number of aryl methyl sites for hydroxylation is 1. The minimum Gasteiger partial charge on any atom is -0.492 e. The zero-order valence-corrected chi connectivity index (χ0v) is 11.1. The molecule has 0 aliphatic carbocycles. The van der Waals surface area contributed by atoms with Gasteiger partial charge in [0.2, 0.25) is 0 Å². The Kier molecular flexibility index (Phi) is 4.93. The van der Waals surface area contributed by atoms with E-state index in [2.05, 4.69) is 4.98 Å². The fourth-order valence-electron chi connectivity index (χ4n) is 1.99. The summed E-state index contributed by atoms with van der Waals surface area (Å²) in [5.41, 5.74) is 2.04. The van der Waals surface area contributed by atoms with E-state index in [9.17, 15) is 5.11 Å². The molecule has 3 heteroatoms. The predicted octanol–water partition coefficient (Wildman–Crippen LogP) is 3.15. The highest BCUT2D eigenvalue weighted by atomic mass is 16.5. The third kappa shape index (κ3) is 4.07. The zero-order chi connectivity index (χ0) is 13.5. The number of pyridine rings is 1. The minimum atomic E-state index is -0.433. The topological polar surface area (TPSA) is 42.4 Å². The quantitative estimate of drug-likeness (QED) is 0.864. The molecule has 3 nitrogen and oxygen atoms in total. The first kappa shape index (κ1) is 13.6. The first-order valence-corrected chi connectivity index (χ1v) is 6.59. The third-order valence-electron chi connectivity index (χ3n) is 2.97. The Bertz CT molecular complexity index is 499. The fraction of sp³-hybridized carbons (Fsp3) is 0.312. The number of ether oxygens (including phenoxy) is 1. The van der Waals surface area contributed by atoms with Crippen LogP contribution in [-0.2, 0) is 6.42 Å². The number of nitrogens with zero attached hydrogens (tertiary/aromatic N) is 1. The van der Waals surface area contributed by atoms with Crippen molar-refractivity contribution in [3.8, 4) is 5.75 Å². The summed E-state index contributed by atoms with van der Waals surface area (Å²) >= 11 is 0. The molecule has 1 atom stereocenters. The number of aliphatic hydroxyl groups is 1. The van der Waals surface area contributed by atoms with Crippen molar-refractivity contribution in [2.45, 2.75) is 25.9 Å². The Morgan fingerprint density at radius 3 is 2.74 bits per heavy atom. The van der Waals surface area contributed by atoms with Gasteiger partial charge in [0.25, 0.3) is 0 Å². The van der Waals surface area contributed by atoms with Crippen LogP contribution in [0.15, 0.2) is 48.8 Å². The van der Waals surface area contributed by atoms with Gasteiger partial charge in [-0.15, -0.1) is 0 Å². The second kappa shape index (κ2) is 6.90. The SMILES string of the molecule is CCOc1cncc(CCC(O)c2ccccc2)c1. The summed E-state index contributed by atoms with van der Waals surface area (Å²) in [6.07, 6.45) is 4.56. The van der Waals surface area contributed by atoms with Crippen LogP contribution in [0.25, 0.3) is 0 Å². The average molecular weight is 257 g/mol. The van der Waals surface area contributed by atoms with Crippen molar-refractivity contribution in [2.24, 2.45) is 0 Å². The molecule has 0 saturated carbocycles. The number of rotatable bonds is 6. The summed E-state index contributed by atoms with van der Waals surface area (Å²) in [5.74, 6) is 0.786. The molecule has 1 unspecified atom stereocenters. The molecular formula is C16H19NO2. The molecule has 2 aromatic rings. The van der Waals surface area contributed by atoms with Crippen LogP contribution in [0.5, 0.6) is 5.75 Å². The average Bonchev–Trinajstić information content (AvgIpc) is 2.46. The van der Waals surface area contributed by atoms with Gasteiger partial charge in [-0.1, -0.05) is 30.3 Å². The van der Waals surface area contributed by atoms with Crippen molar-refractivity contribution in [1.29, 1.82) is 0 Å². The van der Waals surface area contributed by atoms with Crippen LogP contribution in [-0.4, -0.2) is 16.7 Å². The Morgan fingerprint density at radius 2 is 2.00 bits per heavy atom. The normalized spacial score (nSPS) is 12.1. The highest BCUT2D eigenvalue weighted by molar-refractivity contribution is 5.24. The van der Waals surface area contributed by atoms with Crippen LogP contribution >= 0.6 is 0 Å². The van der Waals surface area contributed by atoms with Gasteiger partial charge in [-0.2, -0.15) is 0 Å². The van der Waals surface area contributed by atoms with Gasteiger partial charge < -0.3 is 9.84 Å². The summed E-state index contributed by atoms with van der Waals surface area (Å²) in [6.45, 7) is 2.59. The lowest BCUT2D eigenvalue weighted by molar-refractivity contribution is 0.168. The van der Waals surface area contributed by atoms with Crippen molar-refractivity contribution < 1.29 is 9.84 Å². The van der Waals surface area contributed by atoms with E-state index in [4.69, 9.17) is 4.74 Å². The molecule has 0 fully saturated rings. The Hall–Kier alpha value is -1.87. The molecule has 1 aromatic heterocycles. The summed E-state index contributed by atoms with van der Waals surface area (Å²) in [6, 6.07) is 11.7. The number of hydrogen-bond donors (Lipinski definition) is 1. The van der Waals surface area contributed by atoms with Crippen LogP contribution in [0, 0.1) is 0 Å². The predicted molar refractivity (Wildman–Crippen MR) is 75.1 cm³/mol. The van der Waals surface area contributed by atoms with Crippen LogP contribution in [0.2, 0.25) is 0 Å². The Balaban J connectivity index is 1.93. The molecule has 0 saturated heterocycles. The third-order valence-corrected chi connectivity index (χ3v) is 2.97. The van der Waals surface area contributed by atoms with Crippen LogP contribution < -0.4 is 4.74 Å². The molecule has 0 bridgehead atoms. The van der Waals surface area contributed by atoms with Gasteiger partial charge in [0.15, 0.2) is 0 Å². The second-order valence-electron chi connectivity index (χ2n) is 4.43. The van der Waals surface area contributed by atoms with Crippen molar-refractivity contribution in [2.75, 3.05) is 6.61 Å². The highest BCUT2D eigenvalue weighted by Gasteiger charge is 2.07. The maximum absolute atomic E-state index is 10.1. The molecule has 0 aliphatic heterocycles. The van der Waals surface area contributed by atoms with E-state index >= 15 is 0 Å². The van der Waals surface area contributed by atoms with E-state index < -0.39 is 6.10 Å². The van der Waals surface area contributed by atoms with Gasteiger partial charge in [0, 0.05) is 6.20 Å². The van der Waals surface area contributed by atoms with E-state index in [1.54, 1.807) is 6.20 Å². The molecule has 0 spiro atoms. The van der Waals surface area contributed by atoms with Gasteiger partial charge in [0.1, 0.15) is 5.75 Å². The molecule has 2 rings (SSSR count). The maximum atomic E-state index is 10.1. The molecule has 19 heavy (non-hydrogen) atoms. The van der Waals surface area contributed by atoms with E-state index in [1.165, 1.54) is 0 Å². The standard InChI is InChI=1S/C16H19NO2/c1-2-19-15-10-13(11-17-12-15)8-9-16(18)14-6-4-3-5-7-14/h3-7,10-12,16,18H,2,8-9H2,1H3. The van der Waals surface area contributed by atoms with Gasteiger partial charge in [-0.05, 0) is 37.0 Å². The van der Waals surface area contributed by atoms with Crippen LogP contribution in [0.4, 0.5) is 0 Å². The number of aromatic nitrogens is 1. The van der Waals surface area contributed by atoms with Crippen molar-refractivity contribution in [3.63, 3.8) is 0 Å². The van der Waals surface area contributed by atoms with Gasteiger partial charge in [0.05, 0.1) is 18.9 Å². The van der Waals surface area contributed by atoms with Gasteiger partial charge in [-0.25, -0.2) is 0 Å². The molecule has 100 valence electrons. The Morgan fingerprint density at radius 1 is 1.21 bits per heavy atom. The van der Waals surface area contributed by atoms with Crippen molar-refractivity contribution >= 4 is 0 Å².